The summed E-state index contributed by atoms with van der Waals surface area (Å²) in [6.45, 7) is 4.01. The zero-order valence-corrected chi connectivity index (χ0v) is 10.8. The van der Waals surface area contributed by atoms with E-state index in [4.69, 9.17) is 5.73 Å². The van der Waals surface area contributed by atoms with Crippen molar-refractivity contribution in [3.8, 4) is 0 Å². The molecule has 0 saturated heterocycles. The van der Waals surface area contributed by atoms with Gasteiger partial charge in [0.25, 0.3) is 0 Å². The Labute approximate surface area is 105 Å². The van der Waals surface area contributed by atoms with E-state index < -0.39 is 0 Å². The second-order valence-electron chi connectivity index (χ2n) is 5.08. The van der Waals surface area contributed by atoms with E-state index in [-0.39, 0.29) is 0 Å². The van der Waals surface area contributed by atoms with Gasteiger partial charge in [-0.2, -0.15) is 0 Å². The topological polar surface area (TPSA) is 38.0 Å². The molecule has 0 spiro atoms. The van der Waals surface area contributed by atoms with Crippen LogP contribution in [0.5, 0.6) is 0 Å². The average Bonchev–Trinajstić information content (AvgIpc) is 3.08. The van der Waals surface area contributed by atoms with Gasteiger partial charge in [-0.3, -0.25) is 0 Å². The van der Waals surface area contributed by atoms with Gasteiger partial charge in [-0.1, -0.05) is 37.6 Å². The number of rotatable bonds is 7. The summed E-state index contributed by atoms with van der Waals surface area (Å²) in [5.41, 5.74) is 8.45. The van der Waals surface area contributed by atoms with Gasteiger partial charge in [0.1, 0.15) is 0 Å². The van der Waals surface area contributed by atoms with Crippen LogP contribution in [0.2, 0.25) is 0 Å². The Morgan fingerprint density at radius 1 is 1.29 bits per heavy atom. The van der Waals surface area contributed by atoms with Crippen LogP contribution in [-0.4, -0.2) is 12.6 Å². The Balaban J connectivity index is 1.82. The van der Waals surface area contributed by atoms with Crippen LogP contribution in [-0.2, 0) is 13.0 Å². The van der Waals surface area contributed by atoms with Crippen LogP contribution in [0.15, 0.2) is 24.3 Å². The molecule has 1 aliphatic rings. The highest BCUT2D eigenvalue weighted by molar-refractivity contribution is 5.27. The molecule has 0 bridgehead atoms. The molecule has 1 aromatic rings. The molecule has 0 heterocycles. The van der Waals surface area contributed by atoms with Crippen LogP contribution in [0.1, 0.15) is 37.3 Å². The van der Waals surface area contributed by atoms with Crippen molar-refractivity contribution in [3.63, 3.8) is 0 Å². The van der Waals surface area contributed by atoms with Crippen molar-refractivity contribution < 1.29 is 0 Å². The molecule has 2 atom stereocenters. The second-order valence-corrected chi connectivity index (χ2v) is 5.08. The van der Waals surface area contributed by atoms with Crippen molar-refractivity contribution >= 4 is 0 Å². The van der Waals surface area contributed by atoms with Crippen molar-refractivity contribution in [2.24, 2.45) is 11.7 Å². The first-order valence-corrected chi connectivity index (χ1v) is 6.85. The lowest BCUT2D eigenvalue weighted by Gasteiger charge is -2.09. The standard InChI is InChI=1S/C15H24N2/c1-2-5-13-10-15(13)17-11-14-7-4-3-6-12(14)8-9-16/h3-4,6-7,13,15,17H,2,5,8-11,16H2,1H3. The molecule has 17 heavy (non-hydrogen) atoms. The third-order valence-electron chi connectivity index (χ3n) is 3.67. The third kappa shape index (κ3) is 3.55. The monoisotopic (exact) mass is 232 g/mol. The fourth-order valence-corrected chi connectivity index (χ4v) is 2.56. The van der Waals surface area contributed by atoms with E-state index in [0.29, 0.717) is 0 Å². The van der Waals surface area contributed by atoms with Gasteiger partial charge in [-0.15, -0.1) is 0 Å². The quantitative estimate of drug-likeness (QED) is 0.758. The van der Waals surface area contributed by atoms with Crippen LogP contribution in [0.25, 0.3) is 0 Å². The Morgan fingerprint density at radius 2 is 2.06 bits per heavy atom. The smallest absolute Gasteiger partial charge is 0.0210 e. The van der Waals surface area contributed by atoms with Crippen LogP contribution in [0.3, 0.4) is 0 Å². The highest BCUT2D eigenvalue weighted by Crippen LogP contribution is 2.34. The molecule has 1 aliphatic carbocycles. The predicted octanol–water partition coefficient (Wildman–Crippen LogP) is 2.47. The molecule has 1 saturated carbocycles. The molecule has 0 aromatic heterocycles. The van der Waals surface area contributed by atoms with Crippen molar-refractivity contribution in [2.75, 3.05) is 6.54 Å². The fourth-order valence-electron chi connectivity index (χ4n) is 2.56. The molecule has 1 aromatic carbocycles. The van der Waals surface area contributed by atoms with E-state index in [9.17, 15) is 0 Å². The summed E-state index contributed by atoms with van der Waals surface area (Å²) in [4.78, 5) is 0. The SMILES string of the molecule is CCCC1CC1NCc1ccccc1CCN. The van der Waals surface area contributed by atoms with E-state index in [0.717, 1.165) is 31.5 Å². The fraction of sp³-hybridized carbons (Fsp3) is 0.600. The van der Waals surface area contributed by atoms with Gasteiger partial charge >= 0.3 is 0 Å². The van der Waals surface area contributed by atoms with E-state index in [1.54, 1.807) is 0 Å². The van der Waals surface area contributed by atoms with Crippen molar-refractivity contribution in [2.45, 2.75) is 45.2 Å². The molecule has 2 rings (SSSR count). The molecule has 1 fully saturated rings. The molecule has 3 N–H and O–H groups in total. The van der Waals surface area contributed by atoms with Crippen LogP contribution in [0.4, 0.5) is 0 Å². The second kappa shape index (κ2) is 6.18. The van der Waals surface area contributed by atoms with Crippen LogP contribution < -0.4 is 11.1 Å². The van der Waals surface area contributed by atoms with E-state index in [1.807, 2.05) is 0 Å². The molecular weight excluding hydrogens is 208 g/mol. The Kier molecular flexibility index (Phi) is 4.57. The molecule has 0 amide bonds. The van der Waals surface area contributed by atoms with Crippen LogP contribution >= 0.6 is 0 Å². The normalized spacial score (nSPS) is 22.7. The van der Waals surface area contributed by atoms with Gasteiger partial charge in [-0.25, -0.2) is 0 Å². The van der Waals surface area contributed by atoms with Gasteiger partial charge in [-0.05, 0) is 42.9 Å². The Bertz CT molecular complexity index is 349. The minimum atomic E-state index is 0.735. The van der Waals surface area contributed by atoms with Gasteiger partial charge < -0.3 is 11.1 Å². The Morgan fingerprint density at radius 3 is 2.76 bits per heavy atom. The minimum Gasteiger partial charge on any atom is -0.330 e. The van der Waals surface area contributed by atoms with Crippen molar-refractivity contribution in [1.82, 2.24) is 5.32 Å². The largest absolute Gasteiger partial charge is 0.330 e. The van der Waals surface area contributed by atoms with Crippen molar-refractivity contribution in [1.29, 1.82) is 0 Å². The summed E-state index contributed by atoms with van der Waals surface area (Å²) in [7, 11) is 0. The number of nitrogens with one attached hydrogen (secondary N) is 1. The van der Waals surface area contributed by atoms with E-state index in [1.165, 1.54) is 30.4 Å². The number of hydrogen-bond donors (Lipinski definition) is 2. The lowest BCUT2D eigenvalue weighted by atomic mass is 10.0. The zero-order valence-electron chi connectivity index (χ0n) is 10.8. The van der Waals surface area contributed by atoms with Gasteiger partial charge in [0.15, 0.2) is 0 Å². The summed E-state index contributed by atoms with van der Waals surface area (Å²) in [5, 5.41) is 3.67. The Hall–Kier alpha value is -0.860. The number of hydrogen-bond acceptors (Lipinski definition) is 2. The molecule has 2 heteroatoms. The van der Waals surface area contributed by atoms with E-state index >= 15 is 0 Å². The van der Waals surface area contributed by atoms with Crippen LogP contribution in [0, 0.1) is 5.92 Å². The van der Waals surface area contributed by atoms with Gasteiger partial charge in [0.2, 0.25) is 0 Å². The molecule has 94 valence electrons. The molecule has 0 radical (unpaired) electrons. The summed E-state index contributed by atoms with van der Waals surface area (Å²) in [6.07, 6.45) is 5.04. The predicted molar refractivity (Wildman–Crippen MR) is 72.8 cm³/mol. The summed E-state index contributed by atoms with van der Waals surface area (Å²) >= 11 is 0. The molecule has 0 aliphatic heterocycles. The first-order valence-electron chi connectivity index (χ1n) is 6.85. The zero-order chi connectivity index (χ0) is 12.1. The maximum Gasteiger partial charge on any atom is 0.0210 e. The third-order valence-corrected chi connectivity index (χ3v) is 3.67. The van der Waals surface area contributed by atoms with Crippen molar-refractivity contribution in [3.05, 3.63) is 35.4 Å². The summed E-state index contributed by atoms with van der Waals surface area (Å²) in [6, 6.07) is 9.40. The summed E-state index contributed by atoms with van der Waals surface area (Å²) in [5.74, 6) is 0.932. The number of nitrogens with two attached hydrogens (primary N) is 1. The lowest BCUT2D eigenvalue weighted by Crippen LogP contribution is -2.19. The van der Waals surface area contributed by atoms with Gasteiger partial charge in [0, 0.05) is 12.6 Å². The number of benzene rings is 1. The molecule has 2 unspecified atom stereocenters. The summed E-state index contributed by atoms with van der Waals surface area (Å²) < 4.78 is 0. The molecular formula is C15H24N2. The van der Waals surface area contributed by atoms with Gasteiger partial charge in [0.05, 0.1) is 0 Å². The average molecular weight is 232 g/mol. The highest BCUT2D eigenvalue weighted by atomic mass is 15.0. The maximum absolute atomic E-state index is 5.64. The maximum atomic E-state index is 5.64. The first-order chi connectivity index (χ1) is 8.35. The first kappa shape index (κ1) is 12.6. The highest BCUT2D eigenvalue weighted by Gasteiger charge is 2.35. The lowest BCUT2D eigenvalue weighted by molar-refractivity contribution is 0.597. The molecule has 2 nitrogen and oxygen atoms in total. The minimum absolute atomic E-state index is 0.735. The van der Waals surface area contributed by atoms with E-state index in [2.05, 4.69) is 36.5 Å².